The van der Waals surface area contributed by atoms with Crippen LogP contribution in [0.4, 0.5) is 0 Å². The molecule has 0 saturated carbocycles. The quantitative estimate of drug-likeness (QED) is 0.787. The van der Waals surface area contributed by atoms with E-state index in [2.05, 4.69) is 17.5 Å². The fourth-order valence-corrected chi connectivity index (χ4v) is 1.92. The summed E-state index contributed by atoms with van der Waals surface area (Å²) in [5, 5.41) is 11.8. The SMILES string of the molecule is N#Cc1cccc(C(=O)NC2CC=CCC2)c1. The first-order valence-corrected chi connectivity index (χ1v) is 5.75. The third-order valence-electron chi connectivity index (χ3n) is 2.86. The lowest BCUT2D eigenvalue weighted by Crippen LogP contribution is -2.35. The first kappa shape index (κ1) is 11.4. The van der Waals surface area contributed by atoms with Crippen LogP contribution in [0.1, 0.15) is 35.2 Å². The van der Waals surface area contributed by atoms with E-state index in [9.17, 15) is 4.79 Å². The van der Waals surface area contributed by atoms with Gasteiger partial charge in [0.15, 0.2) is 0 Å². The zero-order chi connectivity index (χ0) is 12.1. The van der Waals surface area contributed by atoms with E-state index in [1.165, 1.54) is 0 Å². The Morgan fingerprint density at radius 3 is 3.00 bits per heavy atom. The normalized spacial score (nSPS) is 18.4. The third-order valence-corrected chi connectivity index (χ3v) is 2.86. The highest BCUT2D eigenvalue weighted by molar-refractivity contribution is 5.94. The highest BCUT2D eigenvalue weighted by Crippen LogP contribution is 2.12. The van der Waals surface area contributed by atoms with Crippen LogP contribution in [-0.4, -0.2) is 11.9 Å². The summed E-state index contributed by atoms with van der Waals surface area (Å²) in [6, 6.07) is 9.03. The molecule has 1 aliphatic carbocycles. The van der Waals surface area contributed by atoms with Gasteiger partial charge in [0, 0.05) is 11.6 Å². The van der Waals surface area contributed by atoms with E-state index in [0.717, 1.165) is 19.3 Å². The summed E-state index contributed by atoms with van der Waals surface area (Å²) < 4.78 is 0. The maximum absolute atomic E-state index is 11.9. The monoisotopic (exact) mass is 226 g/mol. The van der Waals surface area contributed by atoms with E-state index in [4.69, 9.17) is 5.26 Å². The second kappa shape index (κ2) is 5.31. The van der Waals surface area contributed by atoms with Gasteiger partial charge in [-0.15, -0.1) is 0 Å². The van der Waals surface area contributed by atoms with Crippen molar-refractivity contribution in [3.8, 4) is 6.07 Å². The molecule has 0 spiro atoms. The van der Waals surface area contributed by atoms with E-state index < -0.39 is 0 Å². The van der Waals surface area contributed by atoms with Crippen molar-refractivity contribution in [1.29, 1.82) is 5.26 Å². The largest absolute Gasteiger partial charge is 0.349 e. The summed E-state index contributed by atoms with van der Waals surface area (Å²) in [5.41, 5.74) is 1.07. The standard InChI is InChI=1S/C14H14N2O/c15-10-11-5-4-6-12(9-11)14(17)16-13-7-2-1-3-8-13/h1-2,4-6,9,13H,3,7-8H2,(H,16,17). The van der Waals surface area contributed by atoms with Gasteiger partial charge in [0.1, 0.15) is 0 Å². The summed E-state index contributed by atoms with van der Waals surface area (Å²) in [6.07, 6.45) is 7.13. The zero-order valence-corrected chi connectivity index (χ0v) is 9.52. The zero-order valence-electron chi connectivity index (χ0n) is 9.52. The minimum Gasteiger partial charge on any atom is -0.349 e. The van der Waals surface area contributed by atoms with Crippen molar-refractivity contribution in [3.05, 3.63) is 47.5 Å². The fraction of sp³-hybridized carbons (Fsp3) is 0.286. The van der Waals surface area contributed by atoms with Gasteiger partial charge >= 0.3 is 0 Å². The first-order chi connectivity index (χ1) is 8.29. The van der Waals surface area contributed by atoms with Crippen LogP contribution in [0, 0.1) is 11.3 Å². The lowest BCUT2D eigenvalue weighted by molar-refractivity contribution is 0.0934. The molecule has 1 aliphatic rings. The molecule has 17 heavy (non-hydrogen) atoms. The van der Waals surface area contributed by atoms with Gasteiger partial charge in [0.25, 0.3) is 5.91 Å². The van der Waals surface area contributed by atoms with Crippen LogP contribution in [-0.2, 0) is 0 Å². The van der Waals surface area contributed by atoms with Crippen molar-refractivity contribution in [3.63, 3.8) is 0 Å². The van der Waals surface area contributed by atoms with Crippen LogP contribution in [0.2, 0.25) is 0 Å². The van der Waals surface area contributed by atoms with E-state index in [0.29, 0.717) is 11.1 Å². The molecule has 0 radical (unpaired) electrons. The van der Waals surface area contributed by atoms with Gasteiger partial charge in [0.2, 0.25) is 0 Å². The van der Waals surface area contributed by atoms with Crippen molar-refractivity contribution >= 4 is 5.91 Å². The van der Waals surface area contributed by atoms with Crippen LogP contribution in [0.5, 0.6) is 0 Å². The Morgan fingerprint density at radius 2 is 2.29 bits per heavy atom. The fourth-order valence-electron chi connectivity index (χ4n) is 1.92. The van der Waals surface area contributed by atoms with Crippen molar-refractivity contribution in [1.82, 2.24) is 5.32 Å². The van der Waals surface area contributed by atoms with Gasteiger partial charge in [0.05, 0.1) is 11.6 Å². The first-order valence-electron chi connectivity index (χ1n) is 5.75. The summed E-state index contributed by atoms with van der Waals surface area (Å²) in [5.74, 6) is -0.0950. The molecule has 3 nitrogen and oxygen atoms in total. The lowest BCUT2D eigenvalue weighted by atomic mass is 10.0. The lowest BCUT2D eigenvalue weighted by Gasteiger charge is -2.19. The van der Waals surface area contributed by atoms with E-state index in [-0.39, 0.29) is 11.9 Å². The minimum absolute atomic E-state index is 0.0950. The number of nitriles is 1. The van der Waals surface area contributed by atoms with Gasteiger partial charge in [-0.05, 0) is 37.5 Å². The van der Waals surface area contributed by atoms with E-state index in [1.807, 2.05) is 6.07 Å². The van der Waals surface area contributed by atoms with E-state index in [1.54, 1.807) is 24.3 Å². The number of hydrogen-bond acceptors (Lipinski definition) is 2. The molecular formula is C14H14N2O. The molecule has 0 heterocycles. The molecule has 0 aromatic heterocycles. The molecule has 1 aromatic rings. The van der Waals surface area contributed by atoms with Gasteiger partial charge in [-0.25, -0.2) is 0 Å². The number of hydrogen-bond donors (Lipinski definition) is 1. The van der Waals surface area contributed by atoms with Crippen LogP contribution < -0.4 is 5.32 Å². The summed E-state index contributed by atoms with van der Waals surface area (Å²) in [7, 11) is 0. The molecule has 1 amide bonds. The van der Waals surface area contributed by atoms with Crippen LogP contribution in [0.3, 0.4) is 0 Å². The summed E-state index contributed by atoms with van der Waals surface area (Å²) >= 11 is 0. The Kier molecular flexibility index (Phi) is 3.56. The molecule has 86 valence electrons. The number of amides is 1. The van der Waals surface area contributed by atoms with Crippen molar-refractivity contribution in [2.45, 2.75) is 25.3 Å². The van der Waals surface area contributed by atoms with Crippen molar-refractivity contribution in [2.75, 3.05) is 0 Å². The van der Waals surface area contributed by atoms with Crippen LogP contribution >= 0.6 is 0 Å². The molecule has 1 atom stereocenters. The predicted octanol–water partition coefficient (Wildman–Crippen LogP) is 2.40. The number of nitrogens with one attached hydrogen (secondary N) is 1. The second-order valence-corrected chi connectivity index (χ2v) is 4.15. The topological polar surface area (TPSA) is 52.9 Å². The average molecular weight is 226 g/mol. The molecule has 2 rings (SSSR count). The predicted molar refractivity (Wildman–Crippen MR) is 65.4 cm³/mol. The second-order valence-electron chi connectivity index (χ2n) is 4.15. The molecule has 3 heteroatoms. The number of benzene rings is 1. The molecule has 1 aromatic carbocycles. The smallest absolute Gasteiger partial charge is 0.251 e. The molecule has 1 unspecified atom stereocenters. The highest BCUT2D eigenvalue weighted by atomic mass is 16.1. The number of carbonyl (C=O) groups excluding carboxylic acids is 1. The van der Waals surface area contributed by atoms with E-state index >= 15 is 0 Å². The van der Waals surface area contributed by atoms with Crippen LogP contribution in [0.25, 0.3) is 0 Å². The van der Waals surface area contributed by atoms with Gasteiger partial charge in [-0.3, -0.25) is 4.79 Å². The number of rotatable bonds is 2. The van der Waals surface area contributed by atoms with Crippen LogP contribution in [0.15, 0.2) is 36.4 Å². The Balaban J connectivity index is 2.04. The van der Waals surface area contributed by atoms with Gasteiger partial charge < -0.3 is 5.32 Å². The maximum Gasteiger partial charge on any atom is 0.251 e. The Morgan fingerprint density at radius 1 is 1.41 bits per heavy atom. The Labute approximate surface area is 101 Å². The van der Waals surface area contributed by atoms with Crippen molar-refractivity contribution in [2.24, 2.45) is 0 Å². The summed E-state index contributed by atoms with van der Waals surface area (Å²) in [4.78, 5) is 11.9. The Bertz CT molecular complexity index is 485. The highest BCUT2D eigenvalue weighted by Gasteiger charge is 2.14. The molecule has 1 N–H and O–H groups in total. The maximum atomic E-state index is 11.9. The molecule has 0 bridgehead atoms. The minimum atomic E-state index is -0.0950. The Hall–Kier alpha value is -2.08. The molecule has 0 fully saturated rings. The molecular weight excluding hydrogens is 212 g/mol. The number of nitrogens with zero attached hydrogens (tertiary/aromatic N) is 1. The average Bonchev–Trinajstić information content (AvgIpc) is 2.40. The van der Waals surface area contributed by atoms with Gasteiger partial charge in [-0.2, -0.15) is 5.26 Å². The molecule has 0 aliphatic heterocycles. The molecule has 0 saturated heterocycles. The summed E-state index contributed by atoms with van der Waals surface area (Å²) in [6.45, 7) is 0. The van der Waals surface area contributed by atoms with Gasteiger partial charge in [-0.1, -0.05) is 18.2 Å². The third kappa shape index (κ3) is 2.94. The number of carbonyl (C=O) groups is 1. The van der Waals surface area contributed by atoms with Crippen molar-refractivity contribution < 1.29 is 4.79 Å². The number of allylic oxidation sites excluding steroid dienone is 1.